The zero-order chi connectivity index (χ0) is 8.27. The molecule has 0 aliphatic heterocycles. The van der Waals surface area contributed by atoms with Crippen molar-refractivity contribution in [3.63, 3.8) is 0 Å². The number of benzene rings is 1. The summed E-state index contributed by atoms with van der Waals surface area (Å²) in [5, 5.41) is 0.645. The molecule has 11 heavy (non-hydrogen) atoms. The van der Waals surface area contributed by atoms with Gasteiger partial charge in [0.25, 0.3) is 0 Å². The normalized spacial score (nSPS) is 12.5. The molecule has 0 aromatic heterocycles. The molecule has 0 radical (unpaired) electrons. The van der Waals surface area contributed by atoms with Gasteiger partial charge >= 0.3 is 0 Å². The van der Waals surface area contributed by atoms with Gasteiger partial charge in [-0.1, -0.05) is 23.7 Å². The third-order valence-electron chi connectivity index (χ3n) is 1.40. The van der Waals surface area contributed by atoms with E-state index in [0.29, 0.717) is 11.3 Å². The van der Waals surface area contributed by atoms with Crippen molar-refractivity contribution in [3.8, 4) is 0 Å². The lowest BCUT2D eigenvalue weighted by Crippen LogP contribution is -2.10. The third kappa shape index (κ3) is 2.03. The highest BCUT2D eigenvalue weighted by molar-refractivity contribution is 6.30. The minimum atomic E-state index is -0.535. The molecule has 3 heteroatoms. The minimum absolute atomic E-state index is 0.535. The van der Waals surface area contributed by atoms with E-state index in [1.807, 2.05) is 0 Å². The first kappa shape index (κ1) is 8.24. The standard InChI is InChI=1S/C8H8ClNO/c9-7-3-1-6(2-4-7)8(10)5-11/h1-5,8H,10H2. The number of carbonyl (C=O) groups excluding carboxylic acids is 1. The molecule has 1 rings (SSSR count). The Morgan fingerprint density at radius 1 is 1.36 bits per heavy atom. The molecule has 1 atom stereocenters. The van der Waals surface area contributed by atoms with Crippen LogP contribution in [0.1, 0.15) is 11.6 Å². The molecular formula is C8H8ClNO. The molecule has 0 aliphatic rings. The van der Waals surface area contributed by atoms with Crippen molar-refractivity contribution in [1.29, 1.82) is 0 Å². The predicted octanol–water partition coefficient (Wildman–Crippen LogP) is 1.54. The fourth-order valence-electron chi connectivity index (χ4n) is 0.764. The van der Waals surface area contributed by atoms with E-state index in [9.17, 15) is 4.79 Å². The summed E-state index contributed by atoms with van der Waals surface area (Å²) in [5.74, 6) is 0. The summed E-state index contributed by atoms with van der Waals surface area (Å²) in [6.45, 7) is 0. The molecular weight excluding hydrogens is 162 g/mol. The molecule has 0 saturated heterocycles. The second-order valence-corrected chi connectivity index (χ2v) is 2.65. The minimum Gasteiger partial charge on any atom is -0.318 e. The van der Waals surface area contributed by atoms with Crippen LogP contribution in [-0.4, -0.2) is 6.29 Å². The number of hydrogen-bond donors (Lipinski definition) is 1. The summed E-state index contributed by atoms with van der Waals surface area (Å²) in [6.07, 6.45) is 0.698. The Balaban J connectivity index is 2.89. The Labute approximate surface area is 70.0 Å². The molecule has 0 aliphatic carbocycles. The van der Waals surface area contributed by atoms with E-state index in [1.54, 1.807) is 24.3 Å². The maximum Gasteiger partial charge on any atom is 0.141 e. The first-order valence-electron chi connectivity index (χ1n) is 3.20. The smallest absolute Gasteiger partial charge is 0.141 e. The molecule has 0 heterocycles. The lowest BCUT2D eigenvalue weighted by atomic mass is 10.1. The molecule has 0 spiro atoms. The van der Waals surface area contributed by atoms with Gasteiger partial charge in [0.1, 0.15) is 6.29 Å². The Kier molecular flexibility index (Phi) is 2.63. The quantitative estimate of drug-likeness (QED) is 0.683. The average molecular weight is 170 g/mol. The lowest BCUT2D eigenvalue weighted by Gasteiger charge is -2.02. The summed E-state index contributed by atoms with van der Waals surface area (Å²) >= 11 is 5.63. The number of rotatable bonds is 2. The average Bonchev–Trinajstić information content (AvgIpc) is 2.05. The number of hydrogen-bond acceptors (Lipinski definition) is 2. The van der Waals surface area contributed by atoms with Crippen LogP contribution >= 0.6 is 11.6 Å². The van der Waals surface area contributed by atoms with Gasteiger partial charge in [-0.2, -0.15) is 0 Å². The van der Waals surface area contributed by atoms with Crippen LogP contribution in [0.4, 0.5) is 0 Å². The van der Waals surface area contributed by atoms with Gasteiger partial charge in [0.05, 0.1) is 6.04 Å². The van der Waals surface area contributed by atoms with E-state index in [4.69, 9.17) is 17.3 Å². The van der Waals surface area contributed by atoms with Gasteiger partial charge in [0, 0.05) is 5.02 Å². The summed E-state index contributed by atoms with van der Waals surface area (Å²) in [5.41, 5.74) is 6.22. The van der Waals surface area contributed by atoms with Gasteiger partial charge in [-0.3, -0.25) is 0 Å². The first-order chi connectivity index (χ1) is 5.24. The van der Waals surface area contributed by atoms with Crippen molar-refractivity contribution in [2.24, 2.45) is 5.73 Å². The molecule has 0 fully saturated rings. The van der Waals surface area contributed by atoms with Crippen molar-refractivity contribution < 1.29 is 4.79 Å². The van der Waals surface area contributed by atoms with Crippen molar-refractivity contribution in [3.05, 3.63) is 34.9 Å². The van der Waals surface area contributed by atoms with E-state index in [1.165, 1.54) is 0 Å². The van der Waals surface area contributed by atoms with E-state index < -0.39 is 6.04 Å². The Hall–Kier alpha value is -0.860. The first-order valence-corrected chi connectivity index (χ1v) is 3.58. The summed E-state index contributed by atoms with van der Waals surface area (Å²) < 4.78 is 0. The summed E-state index contributed by atoms with van der Waals surface area (Å²) in [6, 6.07) is 6.36. The lowest BCUT2D eigenvalue weighted by molar-refractivity contribution is -0.109. The van der Waals surface area contributed by atoms with Crippen molar-refractivity contribution in [2.45, 2.75) is 6.04 Å². The van der Waals surface area contributed by atoms with Crippen LogP contribution in [0.5, 0.6) is 0 Å². The molecule has 0 amide bonds. The van der Waals surface area contributed by atoms with Crippen LogP contribution in [-0.2, 0) is 4.79 Å². The van der Waals surface area contributed by atoms with Gasteiger partial charge in [-0.25, -0.2) is 0 Å². The van der Waals surface area contributed by atoms with Crippen LogP contribution in [0.15, 0.2) is 24.3 Å². The molecule has 0 bridgehead atoms. The second-order valence-electron chi connectivity index (χ2n) is 2.21. The zero-order valence-electron chi connectivity index (χ0n) is 5.83. The van der Waals surface area contributed by atoms with Crippen LogP contribution in [0.3, 0.4) is 0 Å². The predicted molar refractivity (Wildman–Crippen MR) is 44.4 cm³/mol. The number of carbonyl (C=O) groups is 1. The van der Waals surface area contributed by atoms with Gasteiger partial charge in [0.15, 0.2) is 0 Å². The Bertz CT molecular complexity index is 245. The van der Waals surface area contributed by atoms with Crippen LogP contribution in [0.25, 0.3) is 0 Å². The molecule has 1 unspecified atom stereocenters. The third-order valence-corrected chi connectivity index (χ3v) is 1.65. The van der Waals surface area contributed by atoms with E-state index in [2.05, 4.69) is 0 Å². The van der Waals surface area contributed by atoms with Crippen LogP contribution < -0.4 is 5.73 Å². The number of aldehydes is 1. The largest absolute Gasteiger partial charge is 0.318 e. The van der Waals surface area contributed by atoms with Crippen molar-refractivity contribution >= 4 is 17.9 Å². The highest BCUT2D eigenvalue weighted by Crippen LogP contribution is 2.12. The van der Waals surface area contributed by atoms with E-state index >= 15 is 0 Å². The van der Waals surface area contributed by atoms with Gasteiger partial charge in [-0.15, -0.1) is 0 Å². The number of nitrogens with two attached hydrogens (primary N) is 1. The maximum atomic E-state index is 10.2. The molecule has 1 aromatic carbocycles. The monoisotopic (exact) mass is 169 g/mol. The Morgan fingerprint density at radius 2 is 1.91 bits per heavy atom. The molecule has 2 N–H and O–H groups in total. The van der Waals surface area contributed by atoms with Crippen LogP contribution in [0, 0.1) is 0 Å². The van der Waals surface area contributed by atoms with Crippen LogP contribution in [0.2, 0.25) is 5.02 Å². The van der Waals surface area contributed by atoms with E-state index in [0.717, 1.165) is 5.56 Å². The topological polar surface area (TPSA) is 43.1 Å². The van der Waals surface area contributed by atoms with Gasteiger partial charge < -0.3 is 10.5 Å². The second kappa shape index (κ2) is 3.51. The van der Waals surface area contributed by atoms with E-state index in [-0.39, 0.29) is 0 Å². The number of halogens is 1. The molecule has 2 nitrogen and oxygen atoms in total. The SMILES string of the molecule is NC(C=O)c1ccc(Cl)cc1. The van der Waals surface area contributed by atoms with Gasteiger partial charge in [0.2, 0.25) is 0 Å². The highest BCUT2D eigenvalue weighted by atomic mass is 35.5. The zero-order valence-corrected chi connectivity index (χ0v) is 6.58. The molecule has 0 saturated carbocycles. The fraction of sp³-hybridized carbons (Fsp3) is 0.125. The summed E-state index contributed by atoms with van der Waals surface area (Å²) in [4.78, 5) is 10.2. The van der Waals surface area contributed by atoms with Gasteiger partial charge in [-0.05, 0) is 17.7 Å². The fourth-order valence-corrected chi connectivity index (χ4v) is 0.890. The van der Waals surface area contributed by atoms with Crippen molar-refractivity contribution in [1.82, 2.24) is 0 Å². The molecule has 58 valence electrons. The van der Waals surface area contributed by atoms with Crippen molar-refractivity contribution in [2.75, 3.05) is 0 Å². The highest BCUT2D eigenvalue weighted by Gasteiger charge is 2.01. The summed E-state index contributed by atoms with van der Waals surface area (Å²) in [7, 11) is 0. The molecule has 1 aromatic rings. The maximum absolute atomic E-state index is 10.2. The Morgan fingerprint density at radius 3 is 2.36 bits per heavy atom.